The van der Waals surface area contributed by atoms with E-state index in [0.717, 1.165) is 24.9 Å². The normalized spacial score (nSPS) is 32.9. The van der Waals surface area contributed by atoms with Gasteiger partial charge in [0.05, 0.1) is 0 Å². The maximum atomic E-state index is 6.14. The third-order valence-corrected chi connectivity index (χ3v) is 5.66. The summed E-state index contributed by atoms with van der Waals surface area (Å²) in [5, 5.41) is 4.40. The molecule has 2 rings (SSSR count). The van der Waals surface area contributed by atoms with Gasteiger partial charge in [-0.1, -0.05) is 13.8 Å². The van der Waals surface area contributed by atoms with Gasteiger partial charge in [0.1, 0.15) is 0 Å². The van der Waals surface area contributed by atoms with Crippen molar-refractivity contribution in [2.75, 3.05) is 13.6 Å². The minimum Gasteiger partial charge on any atom is -0.329 e. The first-order valence-corrected chi connectivity index (χ1v) is 7.94. The van der Waals surface area contributed by atoms with Gasteiger partial charge in [0, 0.05) is 18.6 Å². The van der Waals surface area contributed by atoms with Crippen molar-refractivity contribution < 1.29 is 0 Å². The lowest BCUT2D eigenvalue weighted by Crippen LogP contribution is -2.55. The highest BCUT2D eigenvalue weighted by atomic mass is 32.1. The van der Waals surface area contributed by atoms with Crippen LogP contribution in [0.25, 0.3) is 0 Å². The van der Waals surface area contributed by atoms with Gasteiger partial charge in [-0.3, -0.25) is 4.90 Å². The lowest BCUT2D eigenvalue weighted by atomic mass is 9.70. The van der Waals surface area contributed by atoms with E-state index >= 15 is 0 Å². The van der Waals surface area contributed by atoms with Gasteiger partial charge in [-0.05, 0) is 60.5 Å². The van der Waals surface area contributed by atoms with Crippen molar-refractivity contribution in [1.82, 2.24) is 4.90 Å². The van der Waals surface area contributed by atoms with E-state index in [9.17, 15) is 0 Å². The van der Waals surface area contributed by atoms with Crippen molar-refractivity contribution in [3.8, 4) is 0 Å². The van der Waals surface area contributed by atoms with E-state index < -0.39 is 0 Å². The molecule has 1 aliphatic rings. The molecule has 0 aliphatic heterocycles. The van der Waals surface area contributed by atoms with E-state index in [1.165, 1.54) is 24.8 Å². The van der Waals surface area contributed by atoms with Gasteiger partial charge in [0.15, 0.2) is 0 Å². The van der Waals surface area contributed by atoms with E-state index in [2.05, 4.69) is 42.6 Å². The predicted molar refractivity (Wildman–Crippen MR) is 79.8 cm³/mol. The zero-order valence-corrected chi connectivity index (χ0v) is 12.7. The molecule has 0 saturated heterocycles. The highest BCUT2D eigenvalue weighted by Crippen LogP contribution is 2.39. The molecule has 0 amide bonds. The van der Waals surface area contributed by atoms with Crippen LogP contribution in [0.5, 0.6) is 0 Å². The first kappa shape index (κ1) is 14.0. The van der Waals surface area contributed by atoms with Gasteiger partial charge in [-0.2, -0.15) is 11.3 Å². The Balaban J connectivity index is 2.07. The summed E-state index contributed by atoms with van der Waals surface area (Å²) in [5.74, 6) is 1.63. The second-order valence-corrected chi connectivity index (χ2v) is 6.89. The van der Waals surface area contributed by atoms with Crippen LogP contribution in [0.3, 0.4) is 0 Å². The summed E-state index contributed by atoms with van der Waals surface area (Å²) >= 11 is 1.78. The minimum absolute atomic E-state index is 0.216. The molecule has 0 spiro atoms. The molecule has 1 aliphatic carbocycles. The third-order valence-electron chi connectivity index (χ3n) is 4.93. The van der Waals surface area contributed by atoms with Crippen LogP contribution in [0, 0.1) is 11.8 Å². The molecule has 1 heterocycles. The molecule has 2 nitrogen and oxygen atoms in total. The first-order chi connectivity index (χ1) is 8.57. The molecular formula is C15H26N2S. The summed E-state index contributed by atoms with van der Waals surface area (Å²) in [6.45, 7) is 6.57. The van der Waals surface area contributed by atoms with Crippen LogP contribution in [0.15, 0.2) is 16.8 Å². The number of rotatable bonds is 4. The Bertz CT molecular complexity index is 363. The highest BCUT2D eigenvalue weighted by molar-refractivity contribution is 7.07. The van der Waals surface area contributed by atoms with E-state index in [4.69, 9.17) is 5.73 Å². The van der Waals surface area contributed by atoms with Crippen LogP contribution in [-0.4, -0.2) is 24.0 Å². The number of hydrogen-bond acceptors (Lipinski definition) is 3. The lowest BCUT2D eigenvalue weighted by Gasteiger charge is -2.48. The first-order valence-electron chi connectivity index (χ1n) is 7.00. The van der Waals surface area contributed by atoms with Crippen molar-refractivity contribution in [2.24, 2.45) is 17.6 Å². The van der Waals surface area contributed by atoms with Crippen LogP contribution in [0.1, 0.15) is 38.7 Å². The number of nitrogens with zero attached hydrogens (tertiary/aromatic N) is 1. The largest absolute Gasteiger partial charge is 0.329 e. The van der Waals surface area contributed by atoms with Crippen LogP contribution in [0.2, 0.25) is 0 Å². The molecule has 3 unspecified atom stereocenters. The molecule has 1 aromatic heterocycles. The Morgan fingerprint density at radius 3 is 2.78 bits per heavy atom. The Kier molecular flexibility index (Phi) is 4.46. The monoisotopic (exact) mass is 266 g/mol. The van der Waals surface area contributed by atoms with E-state index in [1.54, 1.807) is 11.3 Å². The molecule has 102 valence electrons. The molecule has 0 bridgehead atoms. The SMILES string of the molecule is CC1CCC(CN)(N(C)Cc2ccsc2)CC1C. The van der Waals surface area contributed by atoms with Gasteiger partial charge >= 0.3 is 0 Å². The summed E-state index contributed by atoms with van der Waals surface area (Å²) in [4.78, 5) is 2.50. The van der Waals surface area contributed by atoms with Gasteiger partial charge in [0.25, 0.3) is 0 Å². The van der Waals surface area contributed by atoms with Crippen molar-refractivity contribution in [3.05, 3.63) is 22.4 Å². The van der Waals surface area contributed by atoms with Crippen LogP contribution in [0.4, 0.5) is 0 Å². The average molecular weight is 266 g/mol. The zero-order chi connectivity index (χ0) is 13.2. The quantitative estimate of drug-likeness (QED) is 0.905. The molecule has 3 heteroatoms. The van der Waals surface area contributed by atoms with Crippen molar-refractivity contribution in [3.63, 3.8) is 0 Å². The standard InChI is InChI=1S/C15H26N2S/c1-12-4-6-15(11-16,8-13(12)2)17(3)9-14-5-7-18-10-14/h5,7,10,12-13H,4,6,8-9,11,16H2,1-3H3. The van der Waals surface area contributed by atoms with E-state index in [1.807, 2.05) is 0 Å². The summed E-state index contributed by atoms with van der Waals surface area (Å²) in [7, 11) is 2.24. The maximum absolute atomic E-state index is 6.14. The number of hydrogen-bond donors (Lipinski definition) is 1. The second-order valence-electron chi connectivity index (χ2n) is 6.11. The molecule has 0 radical (unpaired) electrons. The minimum atomic E-state index is 0.216. The number of thiophene rings is 1. The average Bonchev–Trinajstić information content (AvgIpc) is 2.85. The Hall–Kier alpha value is -0.380. The van der Waals surface area contributed by atoms with Gasteiger partial charge in [0.2, 0.25) is 0 Å². The van der Waals surface area contributed by atoms with Gasteiger partial charge in [-0.25, -0.2) is 0 Å². The molecule has 1 fully saturated rings. The fourth-order valence-electron chi connectivity index (χ4n) is 3.20. The fourth-order valence-corrected chi connectivity index (χ4v) is 3.86. The summed E-state index contributed by atoms with van der Waals surface area (Å²) in [5.41, 5.74) is 7.77. The van der Waals surface area contributed by atoms with Crippen molar-refractivity contribution >= 4 is 11.3 Å². The predicted octanol–water partition coefficient (Wildman–Crippen LogP) is 3.33. The Labute approximate surface area is 115 Å². The maximum Gasteiger partial charge on any atom is 0.0334 e. The van der Waals surface area contributed by atoms with Gasteiger partial charge < -0.3 is 5.73 Å². The molecule has 2 N–H and O–H groups in total. The van der Waals surface area contributed by atoms with Crippen LogP contribution >= 0.6 is 11.3 Å². The molecule has 3 atom stereocenters. The summed E-state index contributed by atoms with van der Waals surface area (Å²) in [6.07, 6.45) is 3.80. The van der Waals surface area contributed by atoms with E-state index in [-0.39, 0.29) is 5.54 Å². The fraction of sp³-hybridized carbons (Fsp3) is 0.733. The van der Waals surface area contributed by atoms with Crippen molar-refractivity contribution in [2.45, 2.75) is 45.2 Å². The van der Waals surface area contributed by atoms with Crippen LogP contribution < -0.4 is 5.73 Å². The summed E-state index contributed by atoms with van der Waals surface area (Å²) < 4.78 is 0. The van der Waals surface area contributed by atoms with Crippen LogP contribution in [-0.2, 0) is 6.54 Å². The second kappa shape index (κ2) is 5.72. The zero-order valence-electron chi connectivity index (χ0n) is 11.9. The van der Waals surface area contributed by atoms with Gasteiger partial charge in [-0.15, -0.1) is 0 Å². The summed E-state index contributed by atoms with van der Waals surface area (Å²) in [6, 6.07) is 2.22. The number of nitrogens with two attached hydrogens (primary N) is 1. The lowest BCUT2D eigenvalue weighted by molar-refractivity contribution is 0.0350. The third kappa shape index (κ3) is 2.79. The number of likely N-dealkylation sites (N-methyl/N-ethyl adjacent to an activating group) is 1. The Morgan fingerprint density at radius 2 is 2.22 bits per heavy atom. The molecule has 18 heavy (non-hydrogen) atoms. The van der Waals surface area contributed by atoms with E-state index in [0.29, 0.717) is 0 Å². The molecule has 1 saturated carbocycles. The topological polar surface area (TPSA) is 29.3 Å². The Morgan fingerprint density at radius 1 is 1.44 bits per heavy atom. The molecule has 1 aromatic rings. The highest BCUT2D eigenvalue weighted by Gasteiger charge is 2.39. The molecular weight excluding hydrogens is 240 g/mol. The smallest absolute Gasteiger partial charge is 0.0334 e. The molecule has 0 aromatic carbocycles. The van der Waals surface area contributed by atoms with Crippen molar-refractivity contribution in [1.29, 1.82) is 0 Å².